The van der Waals surface area contributed by atoms with Gasteiger partial charge in [0.25, 0.3) is 6.43 Å². The van der Waals surface area contributed by atoms with Gasteiger partial charge >= 0.3 is 0 Å². The first-order valence-electron chi connectivity index (χ1n) is 3.56. The van der Waals surface area contributed by atoms with Crippen molar-refractivity contribution in [2.45, 2.75) is 18.7 Å². The van der Waals surface area contributed by atoms with Crippen LogP contribution in [-0.2, 0) is 5.33 Å². The van der Waals surface area contributed by atoms with Crippen molar-refractivity contribution in [1.82, 2.24) is 4.98 Å². The number of pyridine rings is 1. The topological polar surface area (TPSA) is 12.9 Å². The van der Waals surface area contributed by atoms with E-state index in [0.29, 0.717) is 5.69 Å². The lowest BCUT2D eigenvalue weighted by Crippen LogP contribution is -2.01. The molecule has 1 nitrogen and oxygen atoms in total. The van der Waals surface area contributed by atoms with Crippen LogP contribution in [0.4, 0.5) is 13.2 Å². The smallest absolute Gasteiger partial charge is 0.261 e. The number of rotatable bonds is 2. The van der Waals surface area contributed by atoms with Gasteiger partial charge in [0.2, 0.25) is 0 Å². The lowest BCUT2D eigenvalue weighted by atomic mass is 10.1. The van der Waals surface area contributed by atoms with Crippen LogP contribution in [0.3, 0.4) is 0 Å². The van der Waals surface area contributed by atoms with Gasteiger partial charge in [0, 0.05) is 22.8 Å². The molecule has 0 atom stereocenters. The van der Waals surface area contributed by atoms with E-state index in [2.05, 4.69) is 20.9 Å². The maximum Gasteiger partial charge on any atom is 0.268 e. The number of aryl methyl sites for hydroxylation is 1. The van der Waals surface area contributed by atoms with Crippen LogP contribution in [-0.4, -0.2) is 4.98 Å². The van der Waals surface area contributed by atoms with Crippen LogP contribution in [0.15, 0.2) is 6.20 Å². The molecule has 0 fully saturated rings. The molecule has 0 radical (unpaired) electrons. The first kappa shape index (κ1) is 10.5. The van der Waals surface area contributed by atoms with Gasteiger partial charge < -0.3 is 0 Å². The van der Waals surface area contributed by atoms with Gasteiger partial charge in [0.05, 0.1) is 5.56 Å². The highest BCUT2D eigenvalue weighted by molar-refractivity contribution is 9.08. The fourth-order valence-corrected chi connectivity index (χ4v) is 1.59. The summed E-state index contributed by atoms with van der Waals surface area (Å²) in [6, 6.07) is 0. The summed E-state index contributed by atoms with van der Waals surface area (Å²) in [6.07, 6.45) is -1.94. The van der Waals surface area contributed by atoms with E-state index in [-0.39, 0.29) is 10.9 Å². The van der Waals surface area contributed by atoms with Crippen molar-refractivity contribution in [3.63, 3.8) is 0 Å². The van der Waals surface area contributed by atoms with E-state index in [9.17, 15) is 13.2 Å². The van der Waals surface area contributed by atoms with Crippen LogP contribution < -0.4 is 0 Å². The third-order valence-electron chi connectivity index (χ3n) is 1.72. The Morgan fingerprint density at radius 2 is 2.15 bits per heavy atom. The first-order chi connectivity index (χ1) is 6.07. The fourth-order valence-electron chi connectivity index (χ4n) is 0.942. The summed E-state index contributed by atoms with van der Waals surface area (Å²) >= 11 is 3.02. The van der Waals surface area contributed by atoms with E-state index in [0.717, 1.165) is 6.20 Å². The van der Waals surface area contributed by atoms with Crippen molar-refractivity contribution >= 4 is 15.9 Å². The van der Waals surface area contributed by atoms with E-state index in [1.54, 1.807) is 6.92 Å². The highest BCUT2D eigenvalue weighted by Crippen LogP contribution is 2.25. The number of halogens is 4. The molecule has 0 aliphatic rings. The zero-order valence-electron chi connectivity index (χ0n) is 6.82. The quantitative estimate of drug-likeness (QED) is 0.737. The van der Waals surface area contributed by atoms with E-state index in [1.165, 1.54) is 0 Å². The van der Waals surface area contributed by atoms with Crippen LogP contribution in [0.25, 0.3) is 0 Å². The standard InChI is InChI=1S/C8H7BrF3N/c1-4-5(2-9)7(10)6(3-13-4)8(11)12/h3,8H,2H2,1H3. The Kier molecular flexibility index (Phi) is 3.30. The van der Waals surface area contributed by atoms with Gasteiger partial charge in [-0.25, -0.2) is 13.2 Å². The molecule has 0 aliphatic heterocycles. The van der Waals surface area contributed by atoms with Crippen molar-refractivity contribution in [2.24, 2.45) is 0 Å². The molecule has 1 aromatic heterocycles. The van der Waals surface area contributed by atoms with Crippen molar-refractivity contribution in [3.05, 3.63) is 28.8 Å². The second-order valence-corrected chi connectivity index (χ2v) is 3.09. The summed E-state index contributed by atoms with van der Waals surface area (Å²) < 4.78 is 37.6. The van der Waals surface area contributed by atoms with Crippen LogP contribution >= 0.6 is 15.9 Å². The lowest BCUT2D eigenvalue weighted by Gasteiger charge is -2.07. The summed E-state index contributed by atoms with van der Waals surface area (Å²) in [4.78, 5) is 3.68. The van der Waals surface area contributed by atoms with Gasteiger partial charge in [-0.3, -0.25) is 4.98 Å². The summed E-state index contributed by atoms with van der Waals surface area (Å²) in [5.41, 5.74) is -0.0170. The number of alkyl halides is 3. The van der Waals surface area contributed by atoms with Gasteiger partial charge in [0.15, 0.2) is 0 Å². The highest BCUT2D eigenvalue weighted by Gasteiger charge is 2.18. The van der Waals surface area contributed by atoms with Gasteiger partial charge in [0.1, 0.15) is 5.82 Å². The molecule has 0 saturated carbocycles. The fraction of sp³-hybridized carbons (Fsp3) is 0.375. The van der Waals surface area contributed by atoms with Crippen molar-refractivity contribution in [3.8, 4) is 0 Å². The summed E-state index contributed by atoms with van der Waals surface area (Å²) in [5.74, 6) is -0.862. The second-order valence-electron chi connectivity index (χ2n) is 2.53. The molecule has 1 rings (SSSR count). The monoisotopic (exact) mass is 253 g/mol. The predicted octanol–water partition coefficient (Wildman–Crippen LogP) is 3.36. The maximum atomic E-state index is 13.2. The maximum absolute atomic E-state index is 13.2. The summed E-state index contributed by atoms with van der Waals surface area (Å²) in [7, 11) is 0. The lowest BCUT2D eigenvalue weighted by molar-refractivity contribution is 0.145. The zero-order chi connectivity index (χ0) is 10.0. The molecule has 0 amide bonds. The summed E-state index contributed by atoms with van der Waals surface area (Å²) in [6.45, 7) is 1.58. The number of hydrogen-bond acceptors (Lipinski definition) is 1. The molecule has 0 N–H and O–H groups in total. The third kappa shape index (κ3) is 2.02. The molecule has 1 heterocycles. The second kappa shape index (κ2) is 4.09. The zero-order valence-corrected chi connectivity index (χ0v) is 8.41. The van der Waals surface area contributed by atoms with Crippen molar-refractivity contribution in [2.75, 3.05) is 0 Å². The minimum absolute atomic E-state index is 0.192. The van der Waals surface area contributed by atoms with E-state index in [4.69, 9.17) is 0 Å². The molecule has 1 aromatic rings. The molecule has 72 valence electrons. The first-order valence-corrected chi connectivity index (χ1v) is 4.68. The van der Waals surface area contributed by atoms with Crippen LogP contribution in [0.2, 0.25) is 0 Å². The molecule has 0 unspecified atom stereocenters. The highest BCUT2D eigenvalue weighted by atomic mass is 79.9. The molecule has 5 heteroatoms. The normalized spacial score (nSPS) is 10.9. The third-order valence-corrected chi connectivity index (χ3v) is 2.28. The van der Waals surface area contributed by atoms with E-state index < -0.39 is 17.8 Å². The average Bonchev–Trinajstić information content (AvgIpc) is 2.04. The van der Waals surface area contributed by atoms with Gasteiger partial charge in [-0.05, 0) is 6.92 Å². The summed E-state index contributed by atoms with van der Waals surface area (Å²) in [5, 5.41) is 0.193. The molecule has 13 heavy (non-hydrogen) atoms. The van der Waals surface area contributed by atoms with Crippen LogP contribution in [0.5, 0.6) is 0 Å². The Balaban J connectivity index is 3.27. The average molecular weight is 254 g/mol. The van der Waals surface area contributed by atoms with Gasteiger partial charge in [-0.2, -0.15) is 0 Å². The number of aromatic nitrogens is 1. The molecule has 0 spiro atoms. The van der Waals surface area contributed by atoms with Crippen LogP contribution in [0, 0.1) is 12.7 Å². The molecular weight excluding hydrogens is 247 g/mol. The Labute approximate surface area is 82.1 Å². The largest absolute Gasteiger partial charge is 0.268 e. The number of nitrogens with zero attached hydrogens (tertiary/aromatic N) is 1. The SMILES string of the molecule is Cc1ncc(C(F)F)c(F)c1CBr. The van der Waals surface area contributed by atoms with Gasteiger partial charge in [-0.15, -0.1) is 0 Å². The van der Waals surface area contributed by atoms with Gasteiger partial charge in [-0.1, -0.05) is 15.9 Å². The minimum atomic E-state index is -2.81. The molecule has 0 saturated heterocycles. The minimum Gasteiger partial charge on any atom is -0.261 e. The van der Waals surface area contributed by atoms with E-state index >= 15 is 0 Å². The Bertz CT molecular complexity index is 315. The molecule has 0 aromatic carbocycles. The van der Waals surface area contributed by atoms with Crippen molar-refractivity contribution in [1.29, 1.82) is 0 Å². The molecular formula is C8H7BrF3N. The Hall–Kier alpha value is -0.580. The predicted molar refractivity (Wildman–Crippen MR) is 46.5 cm³/mol. The number of hydrogen-bond donors (Lipinski definition) is 0. The van der Waals surface area contributed by atoms with Crippen LogP contribution in [0.1, 0.15) is 23.2 Å². The molecule has 0 bridgehead atoms. The Morgan fingerprint density at radius 3 is 2.62 bits per heavy atom. The van der Waals surface area contributed by atoms with Crippen molar-refractivity contribution < 1.29 is 13.2 Å². The van der Waals surface area contributed by atoms with E-state index in [1.807, 2.05) is 0 Å². The molecule has 0 aliphatic carbocycles. The Morgan fingerprint density at radius 1 is 1.54 bits per heavy atom.